The van der Waals surface area contributed by atoms with E-state index >= 15 is 0 Å². The highest BCUT2D eigenvalue weighted by molar-refractivity contribution is 6.00. The first-order valence-electron chi connectivity index (χ1n) is 10.0. The van der Waals surface area contributed by atoms with Crippen molar-refractivity contribution in [3.63, 3.8) is 0 Å². The largest absolute Gasteiger partial charge is 0.451 e. The summed E-state index contributed by atoms with van der Waals surface area (Å²) in [6.07, 6.45) is 2.51. The SMILES string of the molecule is Cc1cc(/C=C(\C#N)C(=O)OCC(=O)Nc2ccccc2C#N)c(C)n1CCC(C)C. The highest BCUT2D eigenvalue weighted by Gasteiger charge is 2.16. The van der Waals surface area contributed by atoms with Gasteiger partial charge in [-0.05, 0) is 56.0 Å². The number of aryl methyl sites for hydroxylation is 1. The Kier molecular flexibility index (Phi) is 8.16. The first-order chi connectivity index (χ1) is 14.8. The molecule has 0 radical (unpaired) electrons. The summed E-state index contributed by atoms with van der Waals surface area (Å²) in [6.45, 7) is 8.55. The van der Waals surface area contributed by atoms with Crippen molar-refractivity contribution in [2.24, 2.45) is 5.92 Å². The van der Waals surface area contributed by atoms with Gasteiger partial charge in [0.25, 0.3) is 5.91 Å². The van der Waals surface area contributed by atoms with Crippen molar-refractivity contribution in [2.45, 2.75) is 40.7 Å². The Morgan fingerprint density at radius 2 is 1.94 bits per heavy atom. The molecule has 0 saturated heterocycles. The number of amides is 1. The Morgan fingerprint density at radius 1 is 1.23 bits per heavy atom. The molecule has 0 atom stereocenters. The zero-order valence-corrected chi connectivity index (χ0v) is 18.2. The molecule has 1 aromatic heterocycles. The Morgan fingerprint density at radius 3 is 2.58 bits per heavy atom. The van der Waals surface area contributed by atoms with E-state index in [4.69, 9.17) is 10.00 Å². The number of aromatic nitrogens is 1. The quantitative estimate of drug-likeness (QED) is 0.394. The third kappa shape index (κ3) is 6.32. The number of para-hydroxylation sites is 1. The van der Waals surface area contributed by atoms with Crippen molar-refractivity contribution in [3.8, 4) is 12.1 Å². The zero-order valence-electron chi connectivity index (χ0n) is 18.2. The molecular weight excluding hydrogens is 392 g/mol. The molecule has 2 rings (SSSR count). The highest BCUT2D eigenvalue weighted by Crippen LogP contribution is 2.20. The maximum absolute atomic E-state index is 12.3. The van der Waals surface area contributed by atoms with E-state index in [1.807, 2.05) is 32.1 Å². The standard InChI is InChI=1S/C24H26N4O3/c1-16(2)9-10-28-17(3)11-20(18(28)4)12-21(14-26)24(30)31-15-23(29)27-22-8-6-5-7-19(22)13-25/h5-8,11-12,16H,9-10,15H2,1-4H3,(H,27,29)/b21-12+. The third-order valence-electron chi connectivity index (χ3n) is 4.84. The minimum absolute atomic E-state index is 0.186. The van der Waals surface area contributed by atoms with Gasteiger partial charge >= 0.3 is 5.97 Å². The van der Waals surface area contributed by atoms with Crippen LogP contribution in [-0.4, -0.2) is 23.1 Å². The number of hydrogen-bond acceptors (Lipinski definition) is 5. The molecule has 0 bridgehead atoms. The summed E-state index contributed by atoms with van der Waals surface area (Å²) < 4.78 is 7.16. The molecule has 0 aliphatic carbocycles. The van der Waals surface area contributed by atoms with Gasteiger partial charge in [-0.15, -0.1) is 0 Å². The molecule has 0 spiro atoms. The smallest absolute Gasteiger partial charge is 0.349 e. The van der Waals surface area contributed by atoms with Gasteiger partial charge in [-0.25, -0.2) is 4.79 Å². The van der Waals surface area contributed by atoms with Crippen molar-refractivity contribution in [1.82, 2.24) is 4.57 Å². The second-order valence-electron chi connectivity index (χ2n) is 7.61. The van der Waals surface area contributed by atoms with Gasteiger partial charge in [0, 0.05) is 17.9 Å². The molecular formula is C24H26N4O3. The normalized spacial score (nSPS) is 11.0. The van der Waals surface area contributed by atoms with E-state index in [0.29, 0.717) is 17.2 Å². The molecule has 160 valence electrons. The molecule has 2 aromatic rings. The minimum atomic E-state index is -0.877. The predicted octanol–water partition coefficient (Wildman–Crippen LogP) is 4.11. The average Bonchev–Trinajstić information content (AvgIpc) is 3.01. The second kappa shape index (κ2) is 10.8. The van der Waals surface area contributed by atoms with Gasteiger partial charge in [0.1, 0.15) is 17.7 Å². The summed E-state index contributed by atoms with van der Waals surface area (Å²) in [5.74, 6) is -0.908. The zero-order chi connectivity index (χ0) is 23.0. The summed E-state index contributed by atoms with van der Waals surface area (Å²) in [4.78, 5) is 24.4. The number of ether oxygens (including phenoxy) is 1. The van der Waals surface area contributed by atoms with Gasteiger partial charge < -0.3 is 14.6 Å². The van der Waals surface area contributed by atoms with Gasteiger partial charge in [-0.3, -0.25) is 4.79 Å². The maximum atomic E-state index is 12.3. The fourth-order valence-electron chi connectivity index (χ4n) is 3.08. The number of anilines is 1. The molecule has 31 heavy (non-hydrogen) atoms. The van der Waals surface area contributed by atoms with Crippen LogP contribution in [0, 0.1) is 42.4 Å². The number of carbonyl (C=O) groups excluding carboxylic acids is 2. The summed E-state index contributed by atoms with van der Waals surface area (Å²) in [5, 5.41) is 21.0. The molecule has 0 aliphatic heterocycles. The lowest BCUT2D eigenvalue weighted by Gasteiger charge is -2.11. The van der Waals surface area contributed by atoms with E-state index in [0.717, 1.165) is 29.9 Å². The van der Waals surface area contributed by atoms with Crippen LogP contribution in [0.15, 0.2) is 35.9 Å². The van der Waals surface area contributed by atoms with Gasteiger partial charge in [0.2, 0.25) is 0 Å². The lowest BCUT2D eigenvalue weighted by Crippen LogP contribution is -2.21. The Balaban J connectivity index is 2.06. The predicted molar refractivity (Wildman–Crippen MR) is 118 cm³/mol. The fraction of sp³-hybridized carbons (Fsp3) is 0.333. The van der Waals surface area contributed by atoms with Crippen molar-refractivity contribution in [1.29, 1.82) is 10.5 Å². The Hall–Kier alpha value is -3.84. The van der Waals surface area contributed by atoms with E-state index in [1.54, 1.807) is 24.3 Å². The van der Waals surface area contributed by atoms with Gasteiger partial charge in [0.05, 0.1) is 11.3 Å². The monoisotopic (exact) mass is 418 g/mol. The lowest BCUT2D eigenvalue weighted by molar-refractivity contribution is -0.142. The van der Waals surface area contributed by atoms with Crippen LogP contribution in [0.4, 0.5) is 5.69 Å². The van der Waals surface area contributed by atoms with Crippen LogP contribution in [0.25, 0.3) is 6.08 Å². The Labute approximate surface area is 182 Å². The minimum Gasteiger partial charge on any atom is -0.451 e. The van der Waals surface area contributed by atoms with E-state index in [2.05, 4.69) is 23.7 Å². The molecule has 0 aliphatic rings. The number of nitriles is 2. The van der Waals surface area contributed by atoms with Crippen LogP contribution < -0.4 is 5.32 Å². The molecule has 1 amide bonds. The van der Waals surface area contributed by atoms with Crippen molar-refractivity contribution in [3.05, 3.63) is 58.4 Å². The first kappa shape index (κ1) is 23.4. The molecule has 7 heteroatoms. The topological polar surface area (TPSA) is 108 Å². The van der Waals surface area contributed by atoms with Gasteiger partial charge in [-0.1, -0.05) is 26.0 Å². The van der Waals surface area contributed by atoms with Crippen LogP contribution in [0.1, 0.15) is 42.8 Å². The number of rotatable bonds is 8. The van der Waals surface area contributed by atoms with Crippen LogP contribution >= 0.6 is 0 Å². The van der Waals surface area contributed by atoms with Crippen LogP contribution in [0.2, 0.25) is 0 Å². The number of nitrogens with one attached hydrogen (secondary N) is 1. The fourth-order valence-corrected chi connectivity index (χ4v) is 3.08. The van der Waals surface area contributed by atoms with E-state index in [1.165, 1.54) is 6.08 Å². The van der Waals surface area contributed by atoms with E-state index in [-0.39, 0.29) is 5.57 Å². The van der Waals surface area contributed by atoms with Crippen LogP contribution in [0.3, 0.4) is 0 Å². The van der Waals surface area contributed by atoms with E-state index < -0.39 is 18.5 Å². The number of esters is 1. The maximum Gasteiger partial charge on any atom is 0.349 e. The molecule has 1 N–H and O–H groups in total. The van der Waals surface area contributed by atoms with Gasteiger partial charge in [-0.2, -0.15) is 10.5 Å². The van der Waals surface area contributed by atoms with E-state index in [9.17, 15) is 14.9 Å². The van der Waals surface area contributed by atoms with Crippen LogP contribution in [0.5, 0.6) is 0 Å². The van der Waals surface area contributed by atoms with Crippen molar-refractivity contribution < 1.29 is 14.3 Å². The van der Waals surface area contributed by atoms with Crippen molar-refractivity contribution >= 4 is 23.6 Å². The number of hydrogen-bond donors (Lipinski definition) is 1. The lowest BCUT2D eigenvalue weighted by atomic mass is 10.1. The Bertz CT molecular complexity index is 1080. The molecule has 7 nitrogen and oxygen atoms in total. The third-order valence-corrected chi connectivity index (χ3v) is 4.84. The van der Waals surface area contributed by atoms with Crippen molar-refractivity contribution in [2.75, 3.05) is 11.9 Å². The highest BCUT2D eigenvalue weighted by atomic mass is 16.5. The molecule has 1 heterocycles. The second-order valence-corrected chi connectivity index (χ2v) is 7.61. The summed E-state index contributed by atoms with van der Waals surface area (Å²) >= 11 is 0. The molecule has 0 saturated carbocycles. The molecule has 0 fully saturated rings. The number of carbonyl (C=O) groups is 2. The summed E-state index contributed by atoms with van der Waals surface area (Å²) in [7, 11) is 0. The molecule has 0 unspecified atom stereocenters. The summed E-state index contributed by atoms with van der Waals surface area (Å²) in [5.41, 5.74) is 3.22. The number of nitrogens with zero attached hydrogens (tertiary/aromatic N) is 3. The van der Waals surface area contributed by atoms with Gasteiger partial charge in [0.15, 0.2) is 6.61 Å². The molecule has 1 aromatic carbocycles. The first-order valence-corrected chi connectivity index (χ1v) is 10.0. The van der Waals surface area contributed by atoms with Crippen LogP contribution in [-0.2, 0) is 20.9 Å². The number of benzene rings is 1. The average molecular weight is 418 g/mol. The summed E-state index contributed by atoms with van der Waals surface area (Å²) in [6, 6.07) is 12.2.